The van der Waals surface area contributed by atoms with Gasteiger partial charge in [0.1, 0.15) is 0 Å². The number of hydrogen-bond donors (Lipinski definition) is 1. The van der Waals surface area contributed by atoms with Gasteiger partial charge in [-0.05, 0) is 63.2 Å². The van der Waals surface area contributed by atoms with Crippen LogP contribution in [-0.2, 0) is 0 Å². The zero-order valence-electron chi connectivity index (χ0n) is 11.1. The third kappa shape index (κ3) is 2.78. The molecule has 0 aromatic carbocycles. The van der Waals surface area contributed by atoms with Crippen molar-refractivity contribution < 1.29 is 0 Å². The lowest BCUT2D eigenvalue weighted by molar-refractivity contribution is 0.235. The maximum Gasteiger partial charge on any atom is 0.00151 e. The molecular formula is C14H28N2. The summed E-state index contributed by atoms with van der Waals surface area (Å²) in [6.07, 6.45) is 7.08. The molecular weight excluding hydrogens is 196 g/mol. The first-order chi connectivity index (χ1) is 7.80. The second-order valence-electron chi connectivity index (χ2n) is 5.76. The number of nitrogens with one attached hydrogen (secondary N) is 1. The summed E-state index contributed by atoms with van der Waals surface area (Å²) in [4.78, 5) is 2.67. The van der Waals surface area contributed by atoms with Gasteiger partial charge in [0.05, 0.1) is 0 Å². The van der Waals surface area contributed by atoms with Crippen LogP contribution in [-0.4, -0.2) is 37.6 Å². The smallest absolute Gasteiger partial charge is 0.00151 e. The Balaban J connectivity index is 1.73. The largest absolute Gasteiger partial charge is 0.317 e. The highest BCUT2D eigenvalue weighted by molar-refractivity contribution is 5.05. The molecule has 94 valence electrons. The highest BCUT2D eigenvalue weighted by Crippen LogP contribution is 2.58. The maximum absolute atomic E-state index is 3.49. The van der Waals surface area contributed by atoms with Crippen LogP contribution < -0.4 is 5.32 Å². The molecule has 1 unspecified atom stereocenters. The predicted octanol–water partition coefficient (Wildman–Crippen LogP) is 2.50. The monoisotopic (exact) mass is 224 g/mol. The minimum Gasteiger partial charge on any atom is -0.317 e. The van der Waals surface area contributed by atoms with E-state index in [1.165, 1.54) is 64.8 Å². The van der Waals surface area contributed by atoms with Crippen LogP contribution in [0.1, 0.15) is 46.0 Å². The molecule has 2 rings (SSSR count). The first-order valence-corrected chi connectivity index (χ1v) is 7.24. The first-order valence-electron chi connectivity index (χ1n) is 7.24. The third-order valence-corrected chi connectivity index (χ3v) is 4.71. The quantitative estimate of drug-likeness (QED) is 0.746. The summed E-state index contributed by atoms with van der Waals surface area (Å²) in [5.74, 6) is 1.02. The Morgan fingerprint density at radius 1 is 1.25 bits per heavy atom. The van der Waals surface area contributed by atoms with Crippen molar-refractivity contribution in [1.82, 2.24) is 10.2 Å². The maximum atomic E-state index is 3.49. The molecule has 2 nitrogen and oxygen atoms in total. The van der Waals surface area contributed by atoms with Crippen LogP contribution in [0, 0.1) is 11.3 Å². The molecule has 1 spiro atoms. The lowest BCUT2D eigenvalue weighted by atomic mass is 9.92. The molecule has 1 N–H and O–H groups in total. The molecule has 0 aromatic rings. The Labute approximate surface area is 101 Å². The average molecular weight is 224 g/mol. The second-order valence-corrected chi connectivity index (χ2v) is 5.76. The van der Waals surface area contributed by atoms with E-state index in [1.54, 1.807) is 0 Å². The third-order valence-electron chi connectivity index (χ3n) is 4.71. The molecule has 1 aliphatic carbocycles. The van der Waals surface area contributed by atoms with Crippen LogP contribution in [0.25, 0.3) is 0 Å². The highest BCUT2D eigenvalue weighted by atomic mass is 15.1. The zero-order valence-corrected chi connectivity index (χ0v) is 11.1. The van der Waals surface area contributed by atoms with E-state index in [-0.39, 0.29) is 0 Å². The molecule has 1 saturated heterocycles. The zero-order chi connectivity index (χ0) is 11.4. The predicted molar refractivity (Wildman–Crippen MR) is 69.7 cm³/mol. The highest BCUT2D eigenvalue weighted by Gasteiger charge is 2.53. The number of piperidine rings is 1. The average Bonchev–Trinajstić information content (AvgIpc) is 2.97. The second kappa shape index (κ2) is 5.50. The van der Waals surface area contributed by atoms with Crippen molar-refractivity contribution in [3.05, 3.63) is 0 Å². The molecule has 0 bridgehead atoms. The van der Waals surface area contributed by atoms with Gasteiger partial charge in [0.15, 0.2) is 0 Å². The Hall–Kier alpha value is -0.0800. The minimum atomic E-state index is 0.769. The van der Waals surface area contributed by atoms with Crippen molar-refractivity contribution >= 4 is 0 Å². The topological polar surface area (TPSA) is 15.3 Å². The lowest BCUT2D eigenvalue weighted by Gasteiger charge is -2.26. The van der Waals surface area contributed by atoms with Gasteiger partial charge < -0.3 is 10.2 Å². The SMILES string of the molecule is CCCCN(CC)CC1CC12CCNCC2. The summed E-state index contributed by atoms with van der Waals surface area (Å²) >= 11 is 0. The van der Waals surface area contributed by atoms with E-state index in [4.69, 9.17) is 0 Å². The van der Waals surface area contributed by atoms with Gasteiger partial charge in [-0.25, -0.2) is 0 Å². The van der Waals surface area contributed by atoms with Crippen molar-refractivity contribution in [3.63, 3.8) is 0 Å². The van der Waals surface area contributed by atoms with E-state index < -0.39 is 0 Å². The van der Waals surface area contributed by atoms with Crippen molar-refractivity contribution in [2.24, 2.45) is 11.3 Å². The molecule has 2 heteroatoms. The van der Waals surface area contributed by atoms with E-state index in [9.17, 15) is 0 Å². The van der Waals surface area contributed by atoms with Crippen molar-refractivity contribution in [2.75, 3.05) is 32.7 Å². The summed E-state index contributed by atoms with van der Waals surface area (Å²) in [6, 6.07) is 0. The van der Waals surface area contributed by atoms with E-state index in [2.05, 4.69) is 24.1 Å². The molecule has 1 heterocycles. The van der Waals surface area contributed by atoms with E-state index in [1.807, 2.05) is 0 Å². The van der Waals surface area contributed by atoms with E-state index in [0.29, 0.717) is 0 Å². The van der Waals surface area contributed by atoms with Crippen molar-refractivity contribution in [3.8, 4) is 0 Å². The molecule has 1 saturated carbocycles. The van der Waals surface area contributed by atoms with Gasteiger partial charge in [0.2, 0.25) is 0 Å². The number of unbranched alkanes of at least 4 members (excludes halogenated alkanes) is 1. The fourth-order valence-electron chi connectivity index (χ4n) is 3.30. The number of hydrogen-bond acceptors (Lipinski definition) is 2. The van der Waals surface area contributed by atoms with Gasteiger partial charge >= 0.3 is 0 Å². The standard InChI is InChI=1S/C14H28N2/c1-3-5-10-16(4-2)12-13-11-14(13)6-8-15-9-7-14/h13,15H,3-12H2,1-2H3. The van der Waals surface area contributed by atoms with Gasteiger partial charge in [0, 0.05) is 6.54 Å². The fraction of sp³-hybridized carbons (Fsp3) is 1.00. The van der Waals surface area contributed by atoms with Crippen LogP contribution >= 0.6 is 0 Å². The molecule has 0 radical (unpaired) electrons. The summed E-state index contributed by atoms with van der Waals surface area (Å²) in [5.41, 5.74) is 0.769. The van der Waals surface area contributed by atoms with Gasteiger partial charge in [-0.15, -0.1) is 0 Å². The van der Waals surface area contributed by atoms with E-state index >= 15 is 0 Å². The Morgan fingerprint density at radius 2 is 2.00 bits per heavy atom. The summed E-state index contributed by atoms with van der Waals surface area (Å²) in [6.45, 7) is 11.1. The number of nitrogens with zero attached hydrogens (tertiary/aromatic N) is 1. The summed E-state index contributed by atoms with van der Waals surface area (Å²) in [7, 11) is 0. The van der Waals surface area contributed by atoms with Crippen LogP contribution in [0.15, 0.2) is 0 Å². The molecule has 2 fully saturated rings. The molecule has 0 aromatic heterocycles. The molecule has 2 aliphatic rings. The van der Waals surface area contributed by atoms with Gasteiger partial charge in [-0.1, -0.05) is 20.3 Å². The number of rotatable bonds is 6. The van der Waals surface area contributed by atoms with Crippen LogP contribution in [0.4, 0.5) is 0 Å². The van der Waals surface area contributed by atoms with Crippen LogP contribution in [0.3, 0.4) is 0 Å². The molecule has 0 amide bonds. The summed E-state index contributed by atoms with van der Waals surface area (Å²) < 4.78 is 0. The minimum absolute atomic E-state index is 0.769. The normalized spacial score (nSPS) is 27.6. The van der Waals surface area contributed by atoms with Crippen molar-refractivity contribution in [2.45, 2.75) is 46.0 Å². The van der Waals surface area contributed by atoms with Crippen LogP contribution in [0.5, 0.6) is 0 Å². The lowest BCUT2D eigenvalue weighted by Crippen LogP contribution is -2.33. The fourth-order valence-corrected chi connectivity index (χ4v) is 3.30. The van der Waals surface area contributed by atoms with Crippen LogP contribution in [0.2, 0.25) is 0 Å². The Kier molecular flexibility index (Phi) is 4.26. The van der Waals surface area contributed by atoms with Gasteiger partial charge in [-0.3, -0.25) is 0 Å². The molecule has 1 aliphatic heterocycles. The summed E-state index contributed by atoms with van der Waals surface area (Å²) in [5, 5.41) is 3.49. The van der Waals surface area contributed by atoms with E-state index in [0.717, 1.165) is 11.3 Å². The van der Waals surface area contributed by atoms with Gasteiger partial charge in [-0.2, -0.15) is 0 Å². The Morgan fingerprint density at radius 3 is 2.62 bits per heavy atom. The Bertz CT molecular complexity index is 209. The van der Waals surface area contributed by atoms with Gasteiger partial charge in [0.25, 0.3) is 0 Å². The molecule has 16 heavy (non-hydrogen) atoms. The molecule has 1 atom stereocenters. The first kappa shape index (κ1) is 12.4. The van der Waals surface area contributed by atoms with Crippen molar-refractivity contribution in [1.29, 1.82) is 0 Å².